The van der Waals surface area contributed by atoms with Crippen molar-refractivity contribution in [3.63, 3.8) is 0 Å². The van der Waals surface area contributed by atoms with Crippen LogP contribution >= 0.6 is 0 Å². The zero-order valence-electron chi connectivity index (χ0n) is 8.77. The largest absolute Gasteiger partial charge is 0.268 e. The van der Waals surface area contributed by atoms with E-state index in [0.29, 0.717) is 0 Å². The van der Waals surface area contributed by atoms with Gasteiger partial charge >= 0.3 is 0 Å². The molecule has 2 heteroatoms. The molecular formula is C14H10N2. The average Bonchev–Trinajstić information content (AvgIpc) is 2.61. The van der Waals surface area contributed by atoms with Gasteiger partial charge in [0.25, 0.3) is 0 Å². The highest BCUT2D eigenvalue weighted by molar-refractivity contribution is 5.69. The molecule has 0 saturated heterocycles. The van der Waals surface area contributed by atoms with Crippen molar-refractivity contribution in [3.8, 4) is 0 Å². The van der Waals surface area contributed by atoms with E-state index in [9.17, 15) is 0 Å². The molecule has 1 aromatic carbocycles. The van der Waals surface area contributed by atoms with E-state index < -0.39 is 0 Å². The van der Waals surface area contributed by atoms with Gasteiger partial charge in [-0.25, -0.2) is 0 Å². The van der Waals surface area contributed by atoms with E-state index in [2.05, 4.69) is 34.3 Å². The molecule has 4 bridgehead atoms. The Kier molecular flexibility index (Phi) is 1.43. The van der Waals surface area contributed by atoms with Crippen LogP contribution in [-0.4, -0.2) is 6.21 Å². The standard InChI is InChI=1S/C14H10N2/c1-2-15-8-9-3-11-5-12-6-13(4-9)16-14(12)7-10(1)11/h2-3,5-8H,1,4H2. The molecule has 1 aliphatic carbocycles. The fraction of sp³-hybridized carbons (Fsp3) is 0.143. The zero-order valence-corrected chi connectivity index (χ0v) is 8.77. The maximum atomic E-state index is 4.65. The van der Waals surface area contributed by atoms with Crippen molar-refractivity contribution >= 4 is 18.4 Å². The Morgan fingerprint density at radius 3 is 3.12 bits per heavy atom. The summed E-state index contributed by atoms with van der Waals surface area (Å²) in [5.74, 6) is 0. The Balaban J connectivity index is 2.21. The van der Waals surface area contributed by atoms with Crippen molar-refractivity contribution in [2.75, 3.05) is 0 Å². The van der Waals surface area contributed by atoms with Crippen LogP contribution in [0.4, 0.5) is 0 Å². The molecule has 3 aliphatic rings. The SMILES string of the molecule is C1=NC=C2C=c3cc4c(cc3C1)=NC(=C4)C2. The topological polar surface area (TPSA) is 24.7 Å². The molecule has 0 unspecified atom stereocenters. The van der Waals surface area contributed by atoms with Gasteiger partial charge in [0, 0.05) is 36.5 Å². The summed E-state index contributed by atoms with van der Waals surface area (Å²) in [5.41, 5.74) is 4.98. The molecule has 0 radical (unpaired) electrons. The third-order valence-corrected chi connectivity index (χ3v) is 3.26. The Bertz CT molecular complexity index is 703. The van der Waals surface area contributed by atoms with Crippen LogP contribution < -0.4 is 10.6 Å². The van der Waals surface area contributed by atoms with Gasteiger partial charge in [-0.1, -0.05) is 0 Å². The van der Waals surface area contributed by atoms with Gasteiger partial charge in [0.05, 0.1) is 5.36 Å². The van der Waals surface area contributed by atoms with Crippen LogP contribution in [0.25, 0.3) is 12.2 Å². The molecule has 0 aromatic heterocycles. The number of aliphatic imine (C=N–C) groups is 1. The van der Waals surface area contributed by atoms with Crippen molar-refractivity contribution in [1.29, 1.82) is 0 Å². The minimum Gasteiger partial charge on any atom is -0.268 e. The first-order chi connectivity index (χ1) is 7.88. The maximum Gasteiger partial charge on any atom is 0.0709 e. The van der Waals surface area contributed by atoms with Crippen molar-refractivity contribution in [3.05, 3.63) is 51.3 Å². The summed E-state index contributed by atoms with van der Waals surface area (Å²) in [6, 6.07) is 4.44. The van der Waals surface area contributed by atoms with Gasteiger partial charge in [-0.05, 0) is 40.6 Å². The van der Waals surface area contributed by atoms with Crippen molar-refractivity contribution in [1.82, 2.24) is 0 Å². The first-order valence-electron chi connectivity index (χ1n) is 5.53. The van der Waals surface area contributed by atoms with Gasteiger partial charge < -0.3 is 0 Å². The number of rotatable bonds is 0. The Labute approximate surface area is 93.1 Å². The highest BCUT2D eigenvalue weighted by Crippen LogP contribution is 2.22. The van der Waals surface area contributed by atoms with Crippen LogP contribution in [0.15, 0.2) is 39.6 Å². The number of benzene rings is 1. The maximum absolute atomic E-state index is 4.65. The molecule has 4 rings (SSSR count). The molecule has 0 fully saturated rings. The first kappa shape index (κ1) is 8.22. The predicted molar refractivity (Wildman–Crippen MR) is 64.6 cm³/mol. The molecule has 0 saturated carbocycles. The molecule has 0 atom stereocenters. The van der Waals surface area contributed by atoms with Crippen molar-refractivity contribution in [2.45, 2.75) is 12.8 Å². The first-order valence-corrected chi connectivity index (χ1v) is 5.53. The molecule has 2 aliphatic heterocycles. The van der Waals surface area contributed by atoms with Gasteiger partial charge in [0.1, 0.15) is 0 Å². The Morgan fingerprint density at radius 2 is 2.12 bits per heavy atom. The van der Waals surface area contributed by atoms with E-state index in [1.807, 2.05) is 12.4 Å². The smallest absolute Gasteiger partial charge is 0.0709 e. The summed E-state index contributed by atoms with van der Waals surface area (Å²) in [7, 11) is 0. The third-order valence-electron chi connectivity index (χ3n) is 3.26. The minimum absolute atomic E-state index is 0.892. The fourth-order valence-electron chi connectivity index (χ4n) is 2.49. The van der Waals surface area contributed by atoms with Crippen LogP contribution in [0, 0.1) is 0 Å². The van der Waals surface area contributed by atoms with Gasteiger partial charge in [-0.3, -0.25) is 9.98 Å². The molecule has 2 heterocycles. The van der Waals surface area contributed by atoms with E-state index in [1.54, 1.807) is 0 Å². The van der Waals surface area contributed by atoms with Gasteiger partial charge in [0.2, 0.25) is 0 Å². The molecule has 76 valence electrons. The lowest BCUT2D eigenvalue weighted by Crippen LogP contribution is -2.18. The normalized spacial score (nSPS) is 19.0. The highest BCUT2D eigenvalue weighted by Gasteiger charge is 2.13. The van der Waals surface area contributed by atoms with Crippen LogP contribution in [0.2, 0.25) is 0 Å². The summed E-state index contributed by atoms with van der Waals surface area (Å²) in [5, 5.41) is 2.45. The van der Waals surface area contributed by atoms with Crippen LogP contribution in [0.1, 0.15) is 17.5 Å². The lowest BCUT2D eigenvalue weighted by molar-refractivity contribution is 1.12. The molecule has 0 amide bonds. The number of nitrogens with zero attached hydrogens (tertiary/aromatic N) is 2. The second kappa shape index (κ2) is 2.79. The summed E-state index contributed by atoms with van der Waals surface area (Å²) in [4.78, 5) is 8.97. The number of hydrogen-bond acceptors (Lipinski definition) is 2. The van der Waals surface area contributed by atoms with Crippen LogP contribution in [0.5, 0.6) is 0 Å². The molecule has 0 N–H and O–H groups in total. The molecule has 2 nitrogen and oxygen atoms in total. The average molecular weight is 206 g/mol. The second-order valence-corrected chi connectivity index (χ2v) is 4.42. The van der Waals surface area contributed by atoms with Gasteiger partial charge in [-0.15, -0.1) is 0 Å². The number of hydrogen-bond donors (Lipinski definition) is 0. The number of allylic oxidation sites excluding steroid dienone is 1. The Morgan fingerprint density at radius 1 is 1.12 bits per heavy atom. The summed E-state index contributed by atoms with van der Waals surface area (Å²) < 4.78 is 0. The Hall–Kier alpha value is -1.96. The molecular weight excluding hydrogens is 196 g/mol. The quantitative estimate of drug-likeness (QED) is 0.612. The molecule has 16 heavy (non-hydrogen) atoms. The minimum atomic E-state index is 0.892. The summed E-state index contributed by atoms with van der Waals surface area (Å²) in [6.45, 7) is 0. The summed E-state index contributed by atoms with van der Waals surface area (Å²) in [6.07, 6.45) is 10.2. The zero-order chi connectivity index (χ0) is 10.5. The van der Waals surface area contributed by atoms with Gasteiger partial charge in [-0.2, -0.15) is 0 Å². The van der Waals surface area contributed by atoms with Crippen LogP contribution in [-0.2, 0) is 6.42 Å². The lowest BCUT2D eigenvalue weighted by Gasteiger charge is -2.06. The fourth-order valence-corrected chi connectivity index (χ4v) is 2.49. The van der Waals surface area contributed by atoms with Crippen molar-refractivity contribution in [2.24, 2.45) is 9.98 Å². The predicted octanol–water partition coefficient (Wildman–Crippen LogP) is 1.36. The van der Waals surface area contributed by atoms with E-state index >= 15 is 0 Å². The monoisotopic (exact) mass is 206 g/mol. The number of fused-ring (bicyclic) bond motifs is 1. The van der Waals surface area contributed by atoms with E-state index in [-0.39, 0.29) is 0 Å². The van der Waals surface area contributed by atoms with E-state index in [4.69, 9.17) is 0 Å². The summed E-state index contributed by atoms with van der Waals surface area (Å²) >= 11 is 0. The molecule has 1 aromatic rings. The van der Waals surface area contributed by atoms with E-state index in [1.165, 1.54) is 21.9 Å². The van der Waals surface area contributed by atoms with E-state index in [0.717, 1.165) is 23.9 Å². The van der Waals surface area contributed by atoms with Crippen LogP contribution in [0.3, 0.4) is 0 Å². The lowest BCUT2D eigenvalue weighted by atomic mass is 9.99. The van der Waals surface area contributed by atoms with Crippen molar-refractivity contribution < 1.29 is 0 Å². The second-order valence-electron chi connectivity index (χ2n) is 4.42. The molecule has 0 spiro atoms. The third kappa shape index (κ3) is 1.07. The highest BCUT2D eigenvalue weighted by atomic mass is 14.8. The van der Waals surface area contributed by atoms with Gasteiger partial charge in [0.15, 0.2) is 0 Å².